The van der Waals surface area contributed by atoms with Crippen LogP contribution in [0.3, 0.4) is 0 Å². The van der Waals surface area contributed by atoms with Gasteiger partial charge in [-0.1, -0.05) is 23.2 Å². The molecule has 28 heavy (non-hydrogen) atoms. The topological polar surface area (TPSA) is 101 Å². The molecule has 1 amide bonds. The van der Waals surface area contributed by atoms with E-state index >= 15 is 0 Å². The molecule has 10 heteroatoms. The Kier molecular flexibility index (Phi) is 7.43. The smallest absolute Gasteiger partial charge is 1.00 e. The number of anilines is 1. The van der Waals surface area contributed by atoms with E-state index in [1.165, 1.54) is 48.8 Å². The van der Waals surface area contributed by atoms with Crippen LogP contribution >= 0.6 is 23.2 Å². The van der Waals surface area contributed by atoms with Crippen molar-refractivity contribution in [1.82, 2.24) is 9.97 Å². The Morgan fingerprint density at radius 3 is 2.39 bits per heavy atom. The number of rotatable bonds is 5. The third kappa shape index (κ3) is 5.24. The Bertz CT molecular complexity index is 1030. The summed E-state index contributed by atoms with van der Waals surface area (Å²) in [5.41, 5.74) is 0.0807. The van der Waals surface area contributed by atoms with Gasteiger partial charge in [0.2, 0.25) is 0 Å². The van der Waals surface area contributed by atoms with Crippen molar-refractivity contribution in [2.45, 2.75) is 0 Å². The maximum Gasteiger partial charge on any atom is 1.00 e. The van der Waals surface area contributed by atoms with Crippen LogP contribution in [0.15, 0.2) is 54.9 Å². The number of halogens is 2. The fourth-order valence-electron chi connectivity index (χ4n) is 2.18. The number of amides is 1. The third-order valence-corrected chi connectivity index (χ3v) is 3.94. The molecule has 0 atom stereocenters. The Balaban J connectivity index is 0.00000210. The maximum atomic E-state index is 12.4. The van der Waals surface area contributed by atoms with Gasteiger partial charge in [0, 0.05) is 17.4 Å². The second kappa shape index (κ2) is 9.58. The second-order valence-corrected chi connectivity index (χ2v) is 6.07. The number of carboxylic acids is 1. The summed E-state index contributed by atoms with van der Waals surface area (Å²) in [7, 11) is 0. The Morgan fingerprint density at radius 2 is 1.75 bits per heavy atom. The summed E-state index contributed by atoms with van der Waals surface area (Å²) in [6.07, 6.45) is 2.98. The van der Waals surface area contributed by atoms with Crippen molar-refractivity contribution in [3.8, 4) is 11.8 Å². The first-order valence-corrected chi connectivity index (χ1v) is 8.28. The quantitative estimate of drug-likeness (QED) is 0.618. The van der Waals surface area contributed by atoms with Crippen molar-refractivity contribution < 1.29 is 39.7 Å². The van der Waals surface area contributed by atoms with Crippen LogP contribution in [0.1, 0.15) is 22.1 Å². The molecule has 0 aliphatic rings. The van der Waals surface area contributed by atoms with Crippen molar-refractivity contribution in [2.75, 3.05) is 5.32 Å². The van der Waals surface area contributed by atoms with Gasteiger partial charge in [-0.05, 0) is 42.5 Å². The monoisotopic (exact) mass is 411 g/mol. The number of hydrogen-bond acceptors (Lipinski definition) is 5. The molecule has 1 heterocycles. The molecule has 0 unspecified atom stereocenters. The normalized spacial score (nSPS) is 9.93. The fourth-order valence-corrected chi connectivity index (χ4v) is 2.67. The van der Waals surface area contributed by atoms with Crippen LogP contribution in [0.5, 0.6) is 11.8 Å². The van der Waals surface area contributed by atoms with Crippen LogP contribution in [0.2, 0.25) is 10.0 Å². The number of carbonyl (C=O) groups excluding carboxylic acids is 1. The Hall–Kier alpha value is -2.56. The predicted octanol–water partition coefficient (Wildman–Crippen LogP) is 1.64. The SMILES string of the molecule is O=C(Nc1ccc(Oc2ncccn2)cc1C(=O)O)c1ccc(Cl)cc1Cl.[H-].[Li+]. The molecule has 0 fully saturated rings. The van der Waals surface area contributed by atoms with E-state index in [0.29, 0.717) is 5.02 Å². The van der Waals surface area contributed by atoms with E-state index < -0.39 is 11.9 Å². The molecule has 1 aromatic heterocycles. The van der Waals surface area contributed by atoms with E-state index in [-0.39, 0.29) is 53.9 Å². The summed E-state index contributed by atoms with van der Waals surface area (Å²) in [5, 5.41) is 12.5. The molecule has 0 saturated heterocycles. The number of benzene rings is 2. The van der Waals surface area contributed by atoms with Crippen LogP contribution in [-0.2, 0) is 0 Å². The van der Waals surface area contributed by atoms with E-state index in [1.54, 1.807) is 6.07 Å². The minimum absolute atomic E-state index is 0. The van der Waals surface area contributed by atoms with E-state index in [1.807, 2.05) is 0 Å². The summed E-state index contributed by atoms with van der Waals surface area (Å²) in [6.45, 7) is 0. The first-order chi connectivity index (χ1) is 12.9. The summed E-state index contributed by atoms with van der Waals surface area (Å²) in [4.78, 5) is 31.8. The van der Waals surface area contributed by atoms with Crippen molar-refractivity contribution in [3.05, 3.63) is 76.0 Å². The molecular formula is C18H12Cl2LiN3O4. The van der Waals surface area contributed by atoms with Crippen LogP contribution in [0.25, 0.3) is 0 Å². The van der Waals surface area contributed by atoms with Gasteiger partial charge in [0.1, 0.15) is 5.75 Å². The van der Waals surface area contributed by atoms with Crippen LogP contribution < -0.4 is 28.9 Å². The van der Waals surface area contributed by atoms with Gasteiger partial charge < -0.3 is 16.6 Å². The van der Waals surface area contributed by atoms with E-state index in [2.05, 4.69) is 15.3 Å². The van der Waals surface area contributed by atoms with E-state index in [4.69, 9.17) is 27.9 Å². The molecule has 0 aliphatic heterocycles. The number of aromatic nitrogens is 2. The van der Waals surface area contributed by atoms with Crippen LogP contribution in [0.4, 0.5) is 5.69 Å². The Morgan fingerprint density at radius 1 is 1.04 bits per heavy atom. The number of hydrogen-bond donors (Lipinski definition) is 2. The summed E-state index contributed by atoms with van der Waals surface area (Å²) < 4.78 is 5.41. The van der Waals surface area contributed by atoms with Gasteiger partial charge in [0.05, 0.1) is 21.8 Å². The molecule has 3 rings (SSSR count). The number of nitrogens with zero attached hydrogens (tertiary/aromatic N) is 2. The number of nitrogens with one attached hydrogen (secondary N) is 1. The van der Waals surface area contributed by atoms with E-state index in [9.17, 15) is 14.7 Å². The zero-order chi connectivity index (χ0) is 19.4. The molecule has 3 aromatic rings. The first kappa shape index (κ1) is 21.7. The zero-order valence-corrected chi connectivity index (χ0v) is 16.0. The molecule has 0 bridgehead atoms. The molecule has 7 nitrogen and oxygen atoms in total. The number of carbonyl (C=O) groups is 2. The van der Waals surface area contributed by atoms with Crippen molar-refractivity contribution in [2.24, 2.45) is 0 Å². The number of carboxylic acid groups (broad SMARTS) is 1. The van der Waals surface area contributed by atoms with Gasteiger partial charge in [-0.25, -0.2) is 14.8 Å². The molecule has 0 spiro atoms. The predicted molar refractivity (Wildman–Crippen MR) is 101 cm³/mol. The van der Waals surface area contributed by atoms with Crippen molar-refractivity contribution in [3.63, 3.8) is 0 Å². The maximum absolute atomic E-state index is 12.4. The van der Waals surface area contributed by atoms with Gasteiger partial charge in [0.25, 0.3) is 5.91 Å². The summed E-state index contributed by atoms with van der Waals surface area (Å²) in [6, 6.07) is 10.2. The van der Waals surface area contributed by atoms with Crippen LogP contribution in [-0.4, -0.2) is 27.0 Å². The number of ether oxygens (including phenoxy) is 1. The second-order valence-electron chi connectivity index (χ2n) is 5.22. The molecule has 2 N–H and O–H groups in total. The minimum atomic E-state index is -1.24. The summed E-state index contributed by atoms with van der Waals surface area (Å²) >= 11 is 11.8. The van der Waals surface area contributed by atoms with Crippen molar-refractivity contribution >= 4 is 40.8 Å². The van der Waals surface area contributed by atoms with E-state index in [0.717, 1.165) is 0 Å². The Labute approximate surface area is 183 Å². The zero-order valence-electron chi connectivity index (χ0n) is 15.5. The standard InChI is InChI=1S/C18H11Cl2N3O4.Li.H/c19-10-2-4-12(14(20)8-10)16(24)23-15-5-3-11(9-13(15)17(25)26)27-18-21-6-1-7-22-18;;/h1-9H,(H,23,24)(H,25,26);;/q;+1;-1. The summed E-state index contributed by atoms with van der Waals surface area (Å²) in [5.74, 6) is -1.60. The average Bonchev–Trinajstić information content (AvgIpc) is 2.63. The minimum Gasteiger partial charge on any atom is -1.00 e. The van der Waals surface area contributed by atoms with Gasteiger partial charge in [-0.3, -0.25) is 4.79 Å². The molecule has 0 radical (unpaired) electrons. The van der Waals surface area contributed by atoms with Gasteiger partial charge in [-0.2, -0.15) is 0 Å². The van der Waals surface area contributed by atoms with Gasteiger partial charge in [0.15, 0.2) is 0 Å². The average molecular weight is 412 g/mol. The van der Waals surface area contributed by atoms with Gasteiger partial charge >= 0.3 is 30.8 Å². The molecular weight excluding hydrogens is 400 g/mol. The largest absolute Gasteiger partial charge is 1.00 e. The van der Waals surface area contributed by atoms with Crippen molar-refractivity contribution in [1.29, 1.82) is 0 Å². The molecule has 138 valence electrons. The molecule has 0 saturated carbocycles. The first-order valence-electron chi connectivity index (χ1n) is 7.52. The fraction of sp³-hybridized carbons (Fsp3) is 0. The number of aromatic carboxylic acids is 1. The third-order valence-electron chi connectivity index (χ3n) is 3.40. The molecule has 2 aromatic carbocycles. The van der Waals surface area contributed by atoms with Gasteiger partial charge in [-0.15, -0.1) is 0 Å². The molecule has 0 aliphatic carbocycles. The van der Waals surface area contributed by atoms with Crippen LogP contribution in [0, 0.1) is 0 Å².